The number of thioether (sulfide) groups is 1. The molecule has 3 aromatic carbocycles. The Bertz CT molecular complexity index is 1480. The highest BCUT2D eigenvalue weighted by atomic mass is 35.5. The molecule has 7 nitrogen and oxygen atoms in total. The lowest BCUT2D eigenvalue weighted by atomic mass is 10.1. The SMILES string of the molecule is COc1cc(C=C2C(=N)N3C(c4ccccc4)=CSC3=NC2=O)ccc1OC(=O)c1ccc(Cl)cc1. The molecule has 0 saturated carbocycles. The van der Waals surface area contributed by atoms with E-state index in [9.17, 15) is 9.59 Å². The Morgan fingerprint density at radius 2 is 1.81 bits per heavy atom. The Kier molecular flexibility index (Phi) is 6.45. The minimum Gasteiger partial charge on any atom is -0.493 e. The summed E-state index contributed by atoms with van der Waals surface area (Å²) in [6, 6.07) is 20.9. The van der Waals surface area contributed by atoms with Gasteiger partial charge in [0.05, 0.1) is 23.9 Å². The molecule has 0 spiro atoms. The molecule has 2 aliphatic heterocycles. The molecular formula is C27H18ClN3O4S. The predicted molar refractivity (Wildman–Crippen MR) is 141 cm³/mol. The van der Waals surface area contributed by atoms with Crippen molar-refractivity contribution >= 4 is 58.0 Å². The number of carbonyl (C=O) groups is 2. The van der Waals surface area contributed by atoms with E-state index in [0.717, 1.165) is 11.3 Å². The Labute approximate surface area is 216 Å². The molecule has 5 rings (SSSR count). The minimum absolute atomic E-state index is 0.0299. The van der Waals surface area contributed by atoms with Crippen molar-refractivity contribution < 1.29 is 19.1 Å². The van der Waals surface area contributed by atoms with E-state index < -0.39 is 11.9 Å². The third-order valence-corrected chi connectivity index (χ3v) is 6.54. The van der Waals surface area contributed by atoms with Crippen LogP contribution in [0.15, 0.2) is 88.8 Å². The molecular weight excluding hydrogens is 498 g/mol. The molecule has 2 heterocycles. The Morgan fingerprint density at radius 3 is 2.53 bits per heavy atom. The molecule has 0 radical (unpaired) electrons. The van der Waals surface area contributed by atoms with Crippen LogP contribution in [0, 0.1) is 5.41 Å². The van der Waals surface area contributed by atoms with E-state index in [2.05, 4.69) is 4.99 Å². The van der Waals surface area contributed by atoms with E-state index in [1.165, 1.54) is 18.9 Å². The Balaban J connectivity index is 1.42. The lowest BCUT2D eigenvalue weighted by Crippen LogP contribution is -2.38. The summed E-state index contributed by atoms with van der Waals surface area (Å²) < 4.78 is 10.9. The monoisotopic (exact) mass is 515 g/mol. The highest BCUT2D eigenvalue weighted by Crippen LogP contribution is 2.38. The zero-order valence-corrected chi connectivity index (χ0v) is 20.5. The van der Waals surface area contributed by atoms with Crippen LogP contribution in [0.3, 0.4) is 0 Å². The summed E-state index contributed by atoms with van der Waals surface area (Å²) in [5, 5.41) is 11.6. The van der Waals surface area contributed by atoms with Crippen molar-refractivity contribution in [3.05, 3.63) is 105 Å². The van der Waals surface area contributed by atoms with Gasteiger partial charge < -0.3 is 9.47 Å². The maximum atomic E-state index is 12.8. The molecule has 36 heavy (non-hydrogen) atoms. The lowest BCUT2D eigenvalue weighted by Gasteiger charge is -2.27. The topological polar surface area (TPSA) is 92.1 Å². The second-order valence-electron chi connectivity index (χ2n) is 7.74. The fourth-order valence-electron chi connectivity index (χ4n) is 3.68. The summed E-state index contributed by atoms with van der Waals surface area (Å²) in [6.45, 7) is 0. The second-order valence-corrected chi connectivity index (χ2v) is 9.01. The van der Waals surface area contributed by atoms with Crippen LogP contribution in [0.2, 0.25) is 5.02 Å². The molecule has 2 aliphatic rings. The quantitative estimate of drug-likeness (QED) is 0.259. The van der Waals surface area contributed by atoms with Crippen molar-refractivity contribution in [1.29, 1.82) is 5.41 Å². The van der Waals surface area contributed by atoms with Crippen LogP contribution >= 0.6 is 23.4 Å². The summed E-state index contributed by atoms with van der Waals surface area (Å²) in [5.41, 5.74) is 2.76. The van der Waals surface area contributed by atoms with E-state index in [1.54, 1.807) is 53.4 Å². The highest BCUT2D eigenvalue weighted by molar-refractivity contribution is 8.17. The normalized spacial score (nSPS) is 15.9. The number of fused-ring (bicyclic) bond motifs is 1. The first-order chi connectivity index (χ1) is 17.4. The first-order valence-corrected chi connectivity index (χ1v) is 12.0. The maximum absolute atomic E-state index is 12.8. The third kappa shape index (κ3) is 4.56. The fourth-order valence-corrected chi connectivity index (χ4v) is 4.70. The summed E-state index contributed by atoms with van der Waals surface area (Å²) in [7, 11) is 1.45. The van der Waals surface area contributed by atoms with Crippen molar-refractivity contribution in [2.75, 3.05) is 7.11 Å². The number of carbonyl (C=O) groups excluding carboxylic acids is 2. The number of benzene rings is 3. The molecule has 0 unspecified atom stereocenters. The Morgan fingerprint density at radius 1 is 1.06 bits per heavy atom. The molecule has 178 valence electrons. The Hall–Kier alpha value is -4.14. The van der Waals surface area contributed by atoms with Crippen LogP contribution in [-0.4, -0.2) is 34.9 Å². The predicted octanol–water partition coefficient (Wildman–Crippen LogP) is 5.87. The summed E-state index contributed by atoms with van der Waals surface area (Å²) in [6.07, 6.45) is 1.57. The number of hydrogen-bond acceptors (Lipinski definition) is 6. The number of ether oxygens (including phenoxy) is 2. The van der Waals surface area contributed by atoms with Gasteiger partial charge in [-0.15, -0.1) is 0 Å². The van der Waals surface area contributed by atoms with Crippen LogP contribution in [0.5, 0.6) is 11.5 Å². The van der Waals surface area contributed by atoms with Crippen LogP contribution in [0.25, 0.3) is 11.8 Å². The number of rotatable bonds is 5. The van der Waals surface area contributed by atoms with Gasteiger partial charge in [-0.2, -0.15) is 4.99 Å². The maximum Gasteiger partial charge on any atom is 0.343 e. The van der Waals surface area contributed by atoms with E-state index in [4.69, 9.17) is 26.5 Å². The molecule has 0 fully saturated rings. The number of halogens is 1. The average molecular weight is 516 g/mol. The van der Waals surface area contributed by atoms with E-state index in [-0.39, 0.29) is 17.2 Å². The van der Waals surface area contributed by atoms with Gasteiger partial charge in [0.15, 0.2) is 16.7 Å². The second kappa shape index (κ2) is 9.85. The molecule has 0 aromatic heterocycles. The first kappa shape index (κ1) is 23.6. The van der Waals surface area contributed by atoms with Crippen LogP contribution < -0.4 is 9.47 Å². The number of amidine groups is 2. The molecule has 0 aliphatic carbocycles. The summed E-state index contributed by atoms with van der Waals surface area (Å²) in [4.78, 5) is 31.1. The number of hydrogen-bond donors (Lipinski definition) is 1. The summed E-state index contributed by atoms with van der Waals surface area (Å²) >= 11 is 7.19. The lowest BCUT2D eigenvalue weighted by molar-refractivity contribution is -0.114. The van der Waals surface area contributed by atoms with Crippen molar-refractivity contribution in [2.24, 2.45) is 4.99 Å². The third-order valence-electron chi connectivity index (χ3n) is 5.47. The zero-order chi connectivity index (χ0) is 25.2. The van der Waals surface area contributed by atoms with Gasteiger partial charge in [-0.05, 0) is 53.6 Å². The standard InChI is InChI=1S/C27H18ClN3O4S/c1-34-23-14-16(7-12-22(23)35-26(33)18-8-10-19(28)11-9-18)13-20-24(29)31-21(17-5-3-2-4-6-17)15-36-27(31)30-25(20)32/h2-15,29H,1H3. The van der Waals surface area contributed by atoms with Crippen LogP contribution in [0.1, 0.15) is 21.5 Å². The zero-order valence-electron chi connectivity index (χ0n) is 18.9. The van der Waals surface area contributed by atoms with Crippen molar-refractivity contribution in [3.8, 4) is 11.5 Å². The number of esters is 1. The van der Waals surface area contributed by atoms with Gasteiger partial charge in [0.1, 0.15) is 5.84 Å². The van der Waals surface area contributed by atoms with Gasteiger partial charge in [0.2, 0.25) is 0 Å². The van der Waals surface area contributed by atoms with Crippen LogP contribution in [0.4, 0.5) is 0 Å². The van der Waals surface area contributed by atoms with Gasteiger partial charge in [0, 0.05) is 10.4 Å². The molecule has 1 N–H and O–H groups in total. The van der Waals surface area contributed by atoms with Crippen LogP contribution in [-0.2, 0) is 4.79 Å². The van der Waals surface area contributed by atoms with E-state index >= 15 is 0 Å². The average Bonchev–Trinajstić information content (AvgIpc) is 3.32. The molecule has 1 amide bonds. The van der Waals surface area contributed by atoms with E-state index in [1.807, 2.05) is 35.7 Å². The molecule has 0 bridgehead atoms. The fraction of sp³-hybridized carbons (Fsp3) is 0.0370. The molecule has 3 aromatic rings. The number of amides is 1. The highest BCUT2D eigenvalue weighted by Gasteiger charge is 2.36. The number of aliphatic imine (C=N–C) groups is 1. The summed E-state index contributed by atoms with van der Waals surface area (Å²) in [5.74, 6) is -0.516. The number of methoxy groups -OCH3 is 1. The van der Waals surface area contributed by atoms with Crippen molar-refractivity contribution in [1.82, 2.24) is 4.90 Å². The van der Waals surface area contributed by atoms with Gasteiger partial charge in [-0.3, -0.25) is 15.1 Å². The molecule has 0 saturated heterocycles. The largest absolute Gasteiger partial charge is 0.493 e. The van der Waals surface area contributed by atoms with Gasteiger partial charge in [-0.25, -0.2) is 4.79 Å². The smallest absolute Gasteiger partial charge is 0.343 e. The number of nitrogens with zero attached hydrogens (tertiary/aromatic N) is 2. The van der Waals surface area contributed by atoms with Gasteiger partial charge >= 0.3 is 5.97 Å². The minimum atomic E-state index is -0.561. The van der Waals surface area contributed by atoms with Gasteiger partial charge in [0.25, 0.3) is 5.91 Å². The molecule has 0 atom stereocenters. The van der Waals surface area contributed by atoms with Gasteiger partial charge in [-0.1, -0.05) is 59.8 Å². The van der Waals surface area contributed by atoms with E-state index in [0.29, 0.717) is 27.1 Å². The van der Waals surface area contributed by atoms with Crippen molar-refractivity contribution in [2.45, 2.75) is 0 Å². The first-order valence-electron chi connectivity index (χ1n) is 10.8. The molecule has 9 heteroatoms. The van der Waals surface area contributed by atoms with Crippen molar-refractivity contribution in [3.63, 3.8) is 0 Å². The number of nitrogens with one attached hydrogen (secondary N) is 1.